The van der Waals surface area contributed by atoms with E-state index in [2.05, 4.69) is 22.3 Å². The Bertz CT molecular complexity index is 767. The minimum Gasteiger partial charge on any atom is -0.310 e. The quantitative estimate of drug-likeness (QED) is 0.846. The summed E-state index contributed by atoms with van der Waals surface area (Å²) in [4.78, 5) is 30.6. The maximum Gasteiger partial charge on any atom is 0.327 e. The van der Waals surface area contributed by atoms with Crippen molar-refractivity contribution in [3.8, 4) is 0 Å². The number of hydrazone groups is 1. The first-order chi connectivity index (χ1) is 13.0. The largest absolute Gasteiger partial charge is 0.327 e. The van der Waals surface area contributed by atoms with E-state index >= 15 is 0 Å². The normalized spacial score (nSPS) is 28.3. The highest BCUT2D eigenvalue weighted by atomic mass is 16.2. The maximum absolute atomic E-state index is 13.0. The Morgan fingerprint density at radius 1 is 1.22 bits per heavy atom. The van der Waals surface area contributed by atoms with Gasteiger partial charge in [-0.15, -0.1) is 0 Å². The Morgan fingerprint density at radius 3 is 2.67 bits per heavy atom. The van der Waals surface area contributed by atoms with Gasteiger partial charge in [0, 0.05) is 32.4 Å². The second-order valence-corrected chi connectivity index (χ2v) is 7.31. The predicted molar refractivity (Wildman–Crippen MR) is 102 cm³/mol. The lowest BCUT2D eigenvalue weighted by atomic mass is 10.1. The minimum atomic E-state index is -0.387. The number of amides is 3. The second-order valence-electron chi connectivity index (χ2n) is 7.31. The molecule has 0 spiro atoms. The van der Waals surface area contributed by atoms with Gasteiger partial charge in [-0.3, -0.25) is 20.0 Å². The number of nitrogens with one attached hydrogen (secondary N) is 1. The number of urea groups is 1. The van der Waals surface area contributed by atoms with Gasteiger partial charge in [0.15, 0.2) is 6.29 Å². The van der Waals surface area contributed by atoms with Crippen molar-refractivity contribution in [3.63, 3.8) is 0 Å². The number of imide groups is 1. The average molecular weight is 370 g/mol. The molecule has 0 saturated carbocycles. The van der Waals surface area contributed by atoms with E-state index < -0.39 is 0 Å². The predicted octanol–water partition coefficient (Wildman–Crippen LogP) is 0.718. The molecule has 3 heterocycles. The number of rotatable bonds is 4. The molecule has 3 aliphatic heterocycles. The number of likely N-dealkylation sites (N-methyl/N-ethyl adjacent to an activating group) is 2. The van der Waals surface area contributed by atoms with Gasteiger partial charge in [0.2, 0.25) is 0 Å². The van der Waals surface area contributed by atoms with E-state index in [4.69, 9.17) is 5.10 Å². The zero-order valence-electron chi connectivity index (χ0n) is 16.0. The second kappa shape index (κ2) is 6.94. The van der Waals surface area contributed by atoms with Crippen molar-refractivity contribution in [2.45, 2.75) is 38.8 Å². The molecule has 0 radical (unpaired) electrons. The van der Waals surface area contributed by atoms with Gasteiger partial charge in [0.25, 0.3) is 5.91 Å². The Hall–Kier alpha value is -2.45. The third-order valence-electron chi connectivity index (χ3n) is 5.54. The highest BCUT2D eigenvalue weighted by Gasteiger charge is 2.55. The molecule has 3 amide bonds. The van der Waals surface area contributed by atoms with Gasteiger partial charge in [-0.2, -0.15) is 5.10 Å². The molecular weight excluding hydrogens is 344 g/mol. The van der Waals surface area contributed by atoms with Gasteiger partial charge in [0.05, 0.1) is 0 Å². The number of hydrogen-bond donors (Lipinski definition) is 1. The highest BCUT2D eigenvalue weighted by molar-refractivity contribution is 6.01. The number of fused-ring (bicyclic) bond motifs is 3. The van der Waals surface area contributed by atoms with Crippen LogP contribution in [0.25, 0.3) is 0 Å². The fourth-order valence-electron chi connectivity index (χ4n) is 4.20. The molecule has 1 N–H and O–H groups in total. The first kappa shape index (κ1) is 17.9. The number of nitrogens with zero attached hydrogens (tertiary/aromatic N) is 5. The van der Waals surface area contributed by atoms with Crippen LogP contribution in [0.4, 0.5) is 4.79 Å². The zero-order chi connectivity index (χ0) is 19.1. The van der Waals surface area contributed by atoms with Crippen molar-refractivity contribution in [2.75, 3.05) is 26.7 Å². The maximum atomic E-state index is 13.0. The molecule has 3 unspecified atom stereocenters. The number of carbonyl (C=O) groups excluding carboxylic acids is 2. The molecule has 4 rings (SSSR count). The van der Waals surface area contributed by atoms with Crippen LogP contribution in [0.2, 0.25) is 0 Å². The lowest BCUT2D eigenvalue weighted by Crippen LogP contribution is -2.66. The average Bonchev–Trinajstić information content (AvgIpc) is 3.05. The molecule has 27 heavy (non-hydrogen) atoms. The van der Waals surface area contributed by atoms with Crippen LogP contribution in [0.15, 0.2) is 35.4 Å². The Balaban J connectivity index is 1.57. The van der Waals surface area contributed by atoms with Crippen LogP contribution in [0.5, 0.6) is 0 Å². The summed E-state index contributed by atoms with van der Waals surface area (Å²) in [5.41, 5.74) is 2.22. The molecule has 8 heteroatoms. The number of hydrogen-bond acceptors (Lipinski definition) is 6. The van der Waals surface area contributed by atoms with E-state index in [1.165, 1.54) is 10.5 Å². The SMILES string of the molecule is CCN1C(=O)C2C(NC3N(CCc4ccccc4)N=C(C)CN23)N(C)C1=O. The van der Waals surface area contributed by atoms with Crippen LogP contribution in [-0.4, -0.2) is 82.5 Å². The fourth-order valence-corrected chi connectivity index (χ4v) is 4.20. The summed E-state index contributed by atoms with van der Waals surface area (Å²) in [7, 11) is 1.75. The molecule has 0 aliphatic carbocycles. The third kappa shape index (κ3) is 2.98. The molecule has 3 aliphatic rings. The van der Waals surface area contributed by atoms with Gasteiger partial charge in [-0.05, 0) is 25.8 Å². The van der Waals surface area contributed by atoms with Gasteiger partial charge in [0.1, 0.15) is 12.2 Å². The summed E-state index contributed by atoms with van der Waals surface area (Å²) >= 11 is 0. The summed E-state index contributed by atoms with van der Waals surface area (Å²) in [6.45, 7) is 5.55. The summed E-state index contributed by atoms with van der Waals surface area (Å²) in [6, 6.07) is 9.66. The molecular formula is C19H26N6O2. The van der Waals surface area contributed by atoms with E-state index in [1.54, 1.807) is 11.9 Å². The minimum absolute atomic E-state index is 0.127. The summed E-state index contributed by atoms with van der Waals surface area (Å²) in [5, 5.41) is 10.2. The zero-order valence-corrected chi connectivity index (χ0v) is 16.0. The van der Waals surface area contributed by atoms with Crippen LogP contribution in [-0.2, 0) is 11.2 Å². The smallest absolute Gasteiger partial charge is 0.310 e. The van der Waals surface area contributed by atoms with Crippen molar-refractivity contribution in [2.24, 2.45) is 5.10 Å². The van der Waals surface area contributed by atoms with Crippen LogP contribution in [0.1, 0.15) is 19.4 Å². The topological polar surface area (TPSA) is 71.5 Å². The van der Waals surface area contributed by atoms with E-state index in [0.29, 0.717) is 13.1 Å². The molecule has 2 saturated heterocycles. The van der Waals surface area contributed by atoms with Crippen LogP contribution < -0.4 is 5.32 Å². The first-order valence-electron chi connectivity index (χ1n) is 9.46. The monoisotopic (exact) mass is 370 g/mol. The Morgan fingerprint density at radius 2 is 1.96 bits per heavy atom. The molecule has 2 fully saturated rings. The van der Waals surface area contributed by atoms with E-state index in [-0.39, 0.29) is 30.4 Å². The van der Waals surface area contributed by atoms with Gasteiger partial charge >= 0.3 is 6.03 Å². The first-order valence-corrected chi connectivity index (χ1v) is 9.46. The third-order valence-corrected chi connectivity index (χ3v) is 5.54. The molecule has 0 aromatic heterocycles. The molecule has 144 valence electrons. The summed E-state index contributed by atoms with van der Waals surface area (Å²) in [5.74, 6) is -0.127. The summed E-state index contributed by atoms with van der Waals surface area (Å²) < 4.78 is 0. The molecule has 1 aromatic carbocycles. The molecule has 0 bridgehead atoms. The van der Waals surface area contributed by atoms with Crippen LogP contribution in [0, 0.1) is 0 Å². The van der Waals surface area contributed by atoms with Gasteiger partial charge in [-0.25, -0.2) is 9.69 Å². The van der Waals surface area contributed by atoms with E-state index in [0.717, 1.165) is 18.7 Å². The van der Waals surface area contributed by atoms with Crippen molar-refractivity contribution in [1.82, 2.24) is 25.0 Å². The highest BCUT2D eigenvalue weighted by Crippen LogP contribution is 2.30. The van der Waals surface area contributed by atoms with Crippen LogP contribution >= 0.6 is 0 Å². The molecule has 8 nitrogen and oxygen atoms in total. The van der Waals surface area contributed by atoms with Gasteiger partial charge in [-0.1, -0.05) is 30.3 Å². The summed E-state index contributed by atoms with van der Waals surface area (Å²) in [6.07, 6.45) is 0.338. The van der Waals surface area contributed by atoms with Crippen molar-refractivity contribution >= 4 is 17.6 Å². The van der Waals surface area contributed by atoms with Crippen LogP contribution in [0.3, 0.4) is 0 Å². The Labute approximate surface area is 159 Å². The van der Waals surface area contributed by atoms with Crippen molar-refractivity contribution in [3.05, 3.63) is 35.9 Å². The number of carbonyl (C=O) groups is 2. The molecule has 3 atom stereocenters. The van der Waals surface area contributed by atoms with Crippen molar-refractivity contribution in [1.29, 1.82) is 0 Å². The fraction of sp³-hybridized carbons (Fsp3) is 0.526. The van der Waals surface area contributed by atoms with E-state index in [1.807, 2.05) is 37.1 Å². The lowest BCUT2D eigenvalue weighted by molar-refractivity contribution is -0.138. The van der Waals surface area contributed by atoms with Crippen molar-refractivity contribution < 1.29 is 9.59 Å². The van der Waals surface area contributed by atoms with Gasteiger partial charge < -0.3 is 4.90 Å². The standard InChI is InChI=1S/C19H26N6O2/c1-4-23-17(26)15-16(22(3)19(23)27)20-18-24(15)12-13(2)21-25(18)11-10-14-8-6-5-7-9-14/h5-9,15-16,18,20H,4,10-12H2,1-3H3. The number of benzene rings is 1. The lowest BCUT2D eigenvalue weighted by Gasteiger charge is -2.42. The molecule has 1 aromatic rings. The Kier molecular flexibility index (Phi) is 4.61. The van der Waals surface area contributed by atoms with E-state index in [9.17, 15) is 9.59 Å².